The Labute approximate surface area is 126 Å². The predicted octanol–water partition coefficient (Wildman–Crippen LogP) is 4.15. The number of benzene rings is 2. The number of carbonyl (C=O) groups is 1. The predicted molar refractivity (Wildman–Crippen MR) is 81.9 cm³/mol. The maximum Gasteiger partial charge on any atom is 0.248 e. The van der Waals surface area contributed by atoms with Gasteiger partial charge >= 0.3 is 0 Å². The van der Waals surface area contributed by atoms with Crippen LogP contribution in [0, 0.1) is 12.7 Å². The molecule has 5 heteroatoms. The van der Waals surface area contributed by atoms with E-state index in [1.165, 1.54) is 24.3 Å². The maximum absolute atomic E-state index is 12.9. The van der Waals surface area contributed by atoms with Gasteiger partial charge < -0.3 is 10.4 Å². The second-order valence-corrected chi connectivity index (χ2v) is 4.85. The second-order valence-electron chi connectivity index (χ2n) is 4.47. The van der Waals surface area contributed by atoms with Gasteiger partial charge in [-0.15, -0.1) is 0 Å². The molecule has 0 aliphatic carbocycles. The summed E-state index contributed by atoms with van der Waals surface area (Å²) in [7, 11) is 0. The molecule has 2 N–H and O–H groups in total. The molecule has 0 aliphatic heterocycles. The van der Waals surface area contributed by atoms with Crippen molar-refractivity contribution in [2.75, 3.05) is 5.32 Å². The van der Waals surface area contributed by atoms with Crippen molar-refractivity contribution in [1.29, 1.82) is 0 Å². The number of aromatic hydroxyl groups is 1. The molecule has 0 aromatic heterocycles. The highest BCUT2D eigenvalue weighted by atomic mass is 35.5. The highest BCUT2D eigenvalue weighted by Crippen LogP contribution is 2.25. The van der Waals surface area contributed by atoms with Gasteiger partial charge in [0, 0.05) is 6.08 Å². The highest BCUT2D eigenvalue weighted by molar-refractivity contribution is 6.34. The van der Waals surface area contributed by atoms with E-state index >= 15 is 0 Å². The fourth-order valence-electron chi connectivity index (χ4n) is 1.72. The summed E-state index contributed by atoms with van der Waals surface area (Å²) in [5.74, 6) is -1.53. The van der Waals surface area contributed by atoms with Gasteiger partial charge in [-0.3, -0.25) is 4.79 Å². The Morgan fingerprint density at radius 1 is 1.33 bits per heavy atom. The van der Waals surface area contributed by atoms with E-state index in [1.54, 1.807) is 12.1 Å². The summed E-state index contributed by atoms with van der Waals surface area (Å²) in [4.78, 5) is 11.8. The number of nitrogens with one attached hydrogen (secondary N) is 1. The summed E-state index contributed by atoms with van der Waals surface area (Å²) in [5.41, 5.74) is 1.90. The van der Waals surface area contributed by atoms with Crippen LogP contribution < -0.4 is 5.32 Å². The van der Waals surface area contributed by atoms with Crippen LogP contribution in [0.3, 0.4) is 0 Å². The minimum absolute atomic E-state index is 0.369. The number of phenolic OH excluding ortho intramolecular Hbond substituents is 1. The van der Waals surface area contributed by atoms with Crippen molar-refractivity contribution in [3.8, 4) is 5.75 Å². The Hall–Kier alpha value is -2.33. The van der Waals surface area contributed by atoms with Gasteiger partial charge in [-0.1, -0.05) is 29.8 Å². The molecule has 0 spiro atoms. The van der Waals surface area contributed by atoms with Crippen molar-refractivity contribution in [3.63, 3.8) is 0 Å². The van der Waals surface area contributed by atoms with Crippen LogP contribution in [0.2, 0.25) is 5.02 Å². The molecule has 0 aliphatic rings. The lowest BCUT2D eigenvalue weighted by Crippen LogP contribution is -2.08. The first-order chi connectivity index (χ1) is 9.97. The number of halogens is 2. The molecule has 0 saturated carbocycles. The lowest BCUT2D eigenvalue weighted by atomic mass is 10.2. The molecule has 0 atom stereocenters. The first-order valence-electron chi connectivity index (χ1n) is 6.20. The standard InChI is InChI=1S/C16H13ClFNO2/c1-10-3-2-4-13(16(10)17)19-15(21)8-6-11-5-7-12(18)14(20)9-11/h2-9,20H,1H3,(H,19,21)/b8-6+. The van der Waals surface area contributed by atoms with Gasteiger partial charge in [0.25, 0.3) is 0 Å². The van der Waals surface area contributed by atoms with E-state index in [-0.39, 0.29) is 5.91 Å². The number of carbonyl (C=O) groups excluding carboxylic acids is 1. The molecule has 0 bridgehead atoms. The summed E-state index contributed by atoms with van der Waals surface area (Å²) in [6, 6.07) is 9.15. The van der Waals surface area contributed by atoms with Crippen LogP contribution in [0.25, 0.3) is 6.08 Å². The Morgan fingerprint density at radius 3 is 2.81 bits per heavy atom. The fourth-order valence-corrected chi connectivity index (χ4v) is 1.90. The molecule has 2 rings (SSSR count). The molecular weight excluding hydrogens is 293 g/mol. The first kappa shape index (κ1) is 15.1. The van der Waals surface area contributed by atoms with Crippen LogP contribution in [-0.4, -0.2) is 11.0 Å². The lowest BCUT2D eigenvalue weighted by molar-refractivity contribution is -0.111. The van der Waals surface area contributed by atoms with Gasteiger partial charge in [0.05, 0.1) is 10.7 Å². The first-order valence-corrected chi connectivity index (χ1v) is 6.58. The van der Waals surface area contributed by atoms with E-state index in [1.807, 2.05) is 13.0 Å². The Morgan fingerprint density at radius 2 is 2.10 bits per heavy atom. The van der Waals surface area contributed by atoms with E-state index in [9.17, 15) is 14.3 Å². The van der Waals surface area contributed by atoms with Gasteiger partial charge in [-0.05, 0) is 42.3 Å². The van der Waals surface area contributed by atoms with E-state index in [0.717, 1.165) is 11.6 Å². The Balaban J connectivity index is 2.09. The second kappa shape index (κ2) is 6.41. The Kier molecular flexibility index (Phi) is 4.60. The monoisotopic (exact) mass is 305 g/mol. The normalized spacial score (nSPS) is 10.8. The van der Waals surface area contributed by atoms with Crippen molar-refractivity contribution in [2.45, 2.75) is 6.92 Å². The number of rotatable bonds is 3. The lowest BCUT2D eigenvalue weighted by Gasteiger charge is -2.06. The van der Waals surface area contributed by atoms with Gasteiger partial charge in [0.1, 0.15) is 0 Å². The third-order valence-electron chi connectivity index (χ3n) is 2.85. The van der Waals surface area contributed by atoms with Crippen molar-refractivity contribution in [1.82, 2.24) is 0 Å². The van der Waals surface area contributed by atoms with Crippen LogP contribution in [-0.2, 0) is 4.79 Å². The molecule has 1 amide bonds. The molecule has 0 unspecified atom stereocenters. The zero-order chi connectivity index (χ0) is 15.4. The Bertz CT molecular complexity index is 713. The number of hydrogen-bond acceptors (Lipinski definition) is 2. The van der Waals surface area contributed by atoms with Gasteiger partial charge in [-0.2, -0.15) is 0 Å². The molecule has 2 aromatic carbocycles. The number of phenols is 1. The molecule has 21 heavy (non-hydrogen) atoms. The van der Waals surface area contributed by atoms with Crippen molar-refractivity contribution < 1.29 is 14.3 Å². The number of amides is 1. The van der Waals surface area contributed by atoms with Gasteiger partial charge in [0.15, 0.2) is 11.6 Å². The zero-order valence-corrected chi connectivity index (χ0v) is 12.0. The third-order valence-corrected chi connectivity index (χ3v) is 3.35. The van der Waals surface area contributed by atoms with E-state index < -0.39 is 11.6 Å². The van der Waals surface area contributed by atoms with Crippen molar-refractivity contribution >= 4 is 29.3 Å². The van der Waals surface area contributed by atoms with Crippen molar-refractivity contribution in [3.05, 3.63) is 64.4 Å². The number of aryl methyl sites for hydroxylation is 1. The third kappa shape index (κ3) is 3.83. The number of anilines is 1. The largest absolute Gasteiger partial charge is 0.505 e. The zero-order valence-electron chi connectivity index (χ0n) is 11.2. The summed E-state index contributed by atoms with van der Waals surface area (Å²) in [6.45, 7) is 1.84. The van der Waals surface area contributed by atoms with E-state index in [0.29, 0.717) is 16.3 Å². The molecule has 0 fully saturated rings. The van der Waals surface area contributed by atoms with Crippen molar-refractivity contribution in [2.24, 2.45) is 0 Å². The van der Waals surface area contributed by atoms with Crippen LogP contribution in [0.15, 0.2) is 42.5 Å². The number of hydrogen-bond donors (Lipinski definition) is 2. The molecule has 0 heterocycles. The molecule has 0 saturated heterocycles. The average molecular weight is 306 g/mol. The fraction of sp³-hybridized carbons (Fsp3) is 0.0625. The summed E-state index contributed by atoms with van der Waals surface area (Å²) >= 11 is 6.08. The van der Waals surface area contributed by atoms with Crippen LogP contribution in [0.4, 0.5) is 10.1 Å². The van der Waals surface area contributed by atoms with E-state index in [4.69, 9.17) is 11.6 Å². The molecule has 3 nitrogen and oxygen atoms in total. The molecule has 0 radical (unpaired) electrons. The molecular formula is C16H13ClFNO2. The molecule has 2 aromatic rings. The topological polar surface area (TPSA) is 49.3 Å². The van der Waals surface area contributed by atoms with Crippen LogP contribution >= 0.6 is 11.6 Å². The highest BCUT2D eigenvalue weighted by Gasteiger charge is 2.05. The average Bonchev–Trinajstić information content (AvgIpc) is 2.45. The summed E-state index contributed by atoms with van der Waals surface area (Å²) in [6.07, 6.45) is 2.75. The summed E-state index contributed by atoms with van der Waals surface area (Å²) in [5, 5.41) is 12.4. The van der Waals surface area contributed by atoms with Gasteiger partial charge in [0.2, 0.25) is 5.91 Å². The van der Waals surface area contributed by atoms with Gasteiger partial charge in [-0.25, -0.2) is 4.39 Å². The molecule has 108 valence electrons. The summed E-state index contributed by atoms with van der Waals surface area (Å²) < 4.78 is 12.9. The smallest absolute Gasteiger partial charge is 0.248 e. The van der Waals surface area contributed by atoms with Crippen LogP contribution in [0.5, 0.6) is 5.75 Å². The van der Waals surface area contributed by atoms with Crippen LogP contribution in [0.1, 0.15) is 11.1 Å². The maximum atomic E-state index is 12.9. The minimum atomic E-state index is -0.705. The van der Waals surface area contributed by atoms with E-state index in [2.05, 4.69) is 5.32 Å². The SMILES string of the molecule is Cc1cccc(NC(=O)/C=C/c2ccc(F)c(O)c2)c1Cl. The quantitative estimate of drug-likeness (QED) is 0.837. The minimum Gasteiger partial charge on any atom is -0.505 e.